The Balaban J connectivity index is 0.695. The van der Waals surface area contributed by atoms with Crippen LogP contribution in [0.15, 0.2) is 106 Å². The average Bonchev–Trinajstić information content (AvgIpc) is 3.66. The molecule has 9 aliphatic rings. The first-order valence-corrected chi connectivity index (χ1v) is 31.0. The van der Waals surface area contributed by atoms with E-state index in [-0.39, 0.29) is 36.4 Å². The third kappa shape index (κ3) is 9.62. The third-order valence-electron chi connectivity index (χ3n) is 17.5. The van der Waals surface area contributed by atoms with Gasteiger partial charge in [-0.2, -0.15) is 10.9 Å². The summed E-state index contributed by atoms with van der Waals surface area (Å²) in [7, 11) is -0.776. The molecule has 0 atom stereocenters. The van der Waals surface area contributed by atoms with Gasteiger partial charge in [-0.05, 0) is 316 Å². The number of hydrogen-bond acceptors (Lipinski definition) is 8. The minimum atomic E-state index is -0.776. The maximum atomic E-state index is 13.3. The molecule has 13 heteroatoms. The molecule has 8 saturated carbocycles. The first-order valence-electron chi connectivity index (χ1n) is 25.3. The number of fused-ring (bicyclic) bond motifs is 3. The zero-order chi connectivity index (χ0) is 48.8. The number of halogens is 4. The summed E-state index contributed by atoms with van der Waals surface area (Å²) in [5.74, 6) is 7.61. The van der Waals surface area contributed by atoms with Gasteiger partial charge in [-0.25, -0.2) is 9.59 Å². The molecule has 372 valence electrons. The van der Waals surface area contributed by atoms with Crippen molar-refractivity contribution >= 4 is 113 Å². The van der Waals surface area contributed by atoms with Crippen molar-refractivity contribution in [3.8, 4) is 34.1 Å². The predicted octanol–water partition coefficient (Wildman–Crippen LogP) is 15.0. The molecule has 0 radical (unpaired) electrons. The molecule has 1 aliphatic heterocycles. The van der Waals surface area contributed by atoms with E-state index < -0.39 is 10.9 Å². The van der Waals surface area contributed by atoms with Gasteiger partial charge in [0.15, 0.2) is 13.2 Å². The zero-order valence-corrected chi connectivity index (χ0v) is 49.4. The van der Waals surface area contributed by atoms with Crippen LogP contribution >= 0.6 is 101 Å². The van der Waals surface area contributed by atoms with E-state index >= 15 is 0 Å². The van der Waals surface area contributed by atoms with Crippen LogP contribution in [0.2, 0.25) is 0 Å². The summed E-state index contributed by atoms with van der Waals surface area (Å²) in [6.07, 6.45) is 12.3. The Kier molecular flexibility index (Phi) is 13.8. The normalized spacial score (nSPS) is 30.6. The smallest absolute Gasteiger partial charge is 0.344 e. The highest BCUT2D eigenvalue weighted by Gasteiger charge is 2.58. The number of carbonyl (C=O) groups is 2. The van der Waals surface area contributed by atoms with E-state index in [2.05, 4.69) is 195 Å². The summed E-state index contributed by atoms with van der Waals surface area (Å²) in [5, 5.41) is 0. The van der Waals surface area contributed by atoms with Crippen molar-refractivity contribution in [1.82, 2.24) is 0 Å². The largest absolute Gasteiger partial charge is 0.489 e. The fraction of sp³-hybridized carbons (Fsp3) is 0.448. The van der Waals surface area contributed by atoms with Gasteiger partial charge in [-0.1, -0.05) is 18.2 Å². The minimum absolute atomic E-state index is 0.0962. The van der Waals surface area contributed by atoms with Crippen molar-refractivity contribution in [3.63, 3.8) is 0 Å². The fourth-order valence-corrected chi connectivity index (χ4v) is 21.4. The first-order chi connectivity index (χ1) is 34.3. The molecule has 0 amide bonds. The Bertz CT molecular complexity index is 2630. The third-order valence-corrected chi connectivity index (χ3v) is 23.3. The van der Waals surface area contributed by atoms with Gasteiger partial charge in [0, 0.05) is 9.79 Å². The molecular formula is C58H58I4O8S. The van der Waals surface area contributed by atoms with Crippen LogP contribution in [-0.4, -0.2) is 36.4 Å². The van der Waals surface area contributed by atoms with Crippen molar-refractivity contribution in [3.05, 3.63) is 116 Å². The van der Waals surface area contributed by atoms with Crippen LogP contribution in [0.4, 0.5) is 0 Å². The zero-order valence-electron chi connectivity index (χ0n) is 39.9. The second-order valence-electron chi connectivity index (χ2n) is 21.9. The van der Waals surface area contributed by atoms with Gasteiger partial charge in [-0.15, -0.1) is 0 Å². The lowest BCUT2D eigenvalue weighted by Gasteiger charge is -2.59. The highest BCUT2D eigenvalue weighted by Crippen LogP contribution is 2.64. The summed E-state index contributed by atoms with van der Waals surface area (Å²) in [6.45, 7) is 4.93. The number of rotatable bonds is 15. The monoisotopic (exact) mass is 1420 g/mol. The lowest BCUT2D eigenvalue weighted by atomic mass is 9.50. The molecule has 0 unspecified atom stereocenters. The van der Waals surface area contributed by atoms with Crippen LogP contribution in [0.5, 0.6) is 23.0 Å². The van der Waals surface area contributed by atoms with Gasteiger partial charge in [0.1, 0.15) is 47.4 Å². The summed E-state index contributed by atoms with van der Waals surface area (Å²) in [6, 6.07) is 32.1. The standard InChI is InChI=1S/C58H58I4O8S/c1-57(38-14-32-12-33(16-38)17-39(57)15-32)69-53(63)30-67-55-47(59)22-36(23-48(55)60)28-65-42-8-10-51-45(26-42)46-27-43(9-11-52(46)71(51)44-6-4-3-5-7-44)66-29-37-24-49(61)56(50(62)25-37)68-31-54(64)70-58(2)40-18-34-13-35(20-40)21-41(58)19-34/h3-11,22-27,32-35,38-41,71H,12-21,28-31H2,1-2H3. The Morgan fingerprint density at radius 3 is 1.23 bits per heavy atom. The average molecular weight is 1420 g/mol. The van der Waals surface area contributed by atoms with Gasteiger partial charge in [0.2, 0.25) is 0 Å². The van der Waals surface area contributed by atoms with Gasteiger partial charge in [0.25, 0.3) is 0 Å². The second-order valence-corrected chi connectivity index (χ2v) is 28.7. The van der Waals surface area contributed by atoms with E-state index in [9.17, 15) is 9.59 Å². The second kappa shape index (κ2) is 19.9. The van der Waals surface area contributed by atoms with E-state index in [1.54, 1.807) is 0 Å². The molecule has 8 bridgehead atoms. The number of carbonyl (C=O) groups excluding carboxylic acids is 2. The van der Waals surface area contributed by atoms with Crippen LogP contribution < -0.4 is 18.9 Å². The van der Waals surface area contributed by atoms with Crippen LogP contribution in [0.1, 0.15) is 89.2 Å². The van der Waals surface area contributed by atoms with Crippen molar-refractivity contribution < 1.29 is 38.0 Å². The van der Waals surface area contributed by atoms with E-state index in [1.807, 2.05) is 0 Å². The molecule has 14 rings (SSSR count). The van der Waals surface area contributed by atoms with E-state index in [0.29, 0.717) is 48.4 Å². The maximum absolute atomic E-state index is 13.3. The van der Waals surface area contributed by atoms with Crippen molar-refractivity contribution in [1.29, 1.82) is 0 Å². The topological polar surface area (TPSA) is 89.5 Å². The Morgan fingerprint density at radius 1 is 0.493 bits per heavy atom. The molecule has 8 fully saturated rings. The first kappa shape index (κ1) is 49.4. The molecule has 0 aromatic heterocycles. The number of ether oxygens (including phenoxy) is 6. The summed E-state index contributed by atoms with van der Waals surface area (Å²) in [5.41, 5.74) is 3.61. The predicted molar refractivity (Wildman–Crippen MR) is 309 cm³/mol. The Labute approximate surface area is 474 Å². The molecular weight excluding hydrogens is 1360 g/mol. The van der Waals surface area contributed by atoms with E-state index in [0.717, 1.165) is 71.7 Å². The molecule has 5 aromatic rings. The van der Waals surface area contributed by atoms with Crippen LogP contribution in [0.25, 0.3) is 11.1 Å². The summed E-state index contributed by atoms with van der Waals surface area (Å²) >= 11 is 9.19. The number of benzene rings is 5. The van der Waals surface area contributed by atoms with Gasteiger partial charge >= 0.3 is 11.9 Å². The van der Waals surface area contributed by atoms with Crippen molar-refractivity contribution in [2.75, 3.05) is 13.2 Å². The molecule has 1 heterocycles. The Hall–Kier alpha value is -2.49. The summed E-state index contributed by atoms with van der Waals surface area (Å²) < 4.78 is 41.7. The molecule has 0 spiro atoms. The van der Waals surface area contributed by atoms with Crippen molar-refractivity contribution in [2.24, 2.45) is 47.3 Å². The number of thiol groups is 1. The lowest BCUT2D eigenvalue weighted by molar-refractivity contribution is -0.205. The number of esters is 2. The fourth-order valence-electron chi connectivity index (χ4n) is 14.4. The SMILES string of the molecule is CC1(OC(=O)COc2c(I)cc(COc3ccc4c(c3)-c3cc(OCc5cc(I)c(OCC(=O)OC6(C)C7CC8CC(C7)CC6C8)c(I)c5)ccc3[SH]4c3ccccc3)cc2I)C2CC3CC(C2)CC1C3. The molecule has 5 aromatic carbocycles. The highest BCUT2D eigenvalue weighted by atomic mass is 127. The molecule has 0 saturated heterocycles. The minimum Gasteiger partial charge on any atom is -0.489 e. The number of hydrogen-bond donors (Lipinski definition) is 1. The molecule has 8 aliphatic carbocycles. The Morgan fingerprint density at radius 2 is 0.859 bits per heavy atom. The van der Waals surface area contributed by atoms with Gasteiger partial charge < -0.3 is 28.4 Å². The summed E-state index contributed by atoms with van der Waals surface area (Å²) in [4.78, 5) is 30.4. The van der Waals surface area contributed by atoms with Crippen LogP contribution in [-0.2, 0) is 32.3 Å². The maximum Gasteiger partial charge on any atom is 0.344 e. The highest BCUT2D eigenvalue weighted by molar-refractivity contribution is 14.1. The van der Waals surface area contributed by atoms with Crippen molar-refractivity contribution in [2.45, 2.75) is 117 Å². The van der Waals surface area contributed by atoms with Gasteiger partial charge in [-0.3, -0.25) is 0 Å². The van der Waals surface area contributed by atoms with Crippen LogP contribution in [0, 0.1) is 61.6 Å². The van der Waals surface area contributed by atoms with E-state index in [4.69, 9.17) is 28.4 Å². The molecule has 8 nitrogen and oxygen atoms in total. The molecule has 71 heavy (non-hydrogen) atoms. The lowest BCUT2D eigenvalue weighted by Crippen LogP contribution is -2.58. The quantitative estimate of drug-likeness (QED) is 0.0618. The van der Waals surface area contributed by atoms with E-state index in [1.165, 1.54) is 78.9 Å². The van der Waals surface area contributed by atoms with Crippen LogP contribution in [0.3, 0.4) is 0 Å². The van der Waals surface area contributed by atoms with Gasteiger partial charge in [0.05, 0.1) is 14.3 Å². The molecule has 0 N–H and O–H groups in total.